The molecule has 0 aromatic heterocycles. The Labute approximate surface area is 136 Å². The molecule has 0 N–H and O–H groups in total. The van der Waals surface area contributed by atoms with Crippen molar-refractivity contribution >= 4 is 23.6 Å². The standard InChI is InChI=1S/C16H21ClN2O3/c1-18-6-8-19(9-7-18)15(20)5-4-12-10-13(17)16(22-3)14(11-12)21-2/h4-5,10-11H,6-9H2,1-3H3. The van der Waals surface area contributed by atoms with Crippen molar-refractivity contribution in [2.24, 2.45) is 0 Å². The van der Waals surface area contributed by atoms with E-state index in [2.05, 4.69) is 11.9 Å². The lowest BCUT2D eigenvalue weighted by Gasteiger charge is -2.31. The summed E-state index contributed by atoms with van der Waals surface area (Å²) in [5.74, 6) is 1.05. The zero-order valence-electron chi connectivity index (χ0n) is 13.1. The first kappa shape index (κ1) is 16.6. The molecule has 0 spiro atoms. The maximum Gasteiger partial charge on any atom is 0.246 e. The molecule has 6 heteroatoms. The lowest BCUT2D eigenvalue weighted by molar-refractivity contribution is -0.127. The maximum atomic E-state index is 12.2. The van der Waals surface area contributed by atoms with Crippen LogP contribution in [0.3, 0.4) is 0 Å². The second-order valence-electron chi connectivity index (χ2n) is 5.20. The molecule has 0 atom stereocenters. The summed E-state index contributed by atoms with van der Waals surface area (Å²) in [5.41, 5.74) is 0.796. The molecular formula is C16H21ClN2O3. The zero-order valence-corrected chi connectivity index (χ0v) is 13.9. The third kappa shape index (κ3) is 3.93. The number of carbonyl (C=O) groups excluding carboxylic acids is 1. The molecule has 1 fully saturated rings. The van der Waals surface area contributed by atoms with Gasteiger partial charge in [-0.15, -0.1) is 0 Å². The average Bonchev–Trinajstić information content (AvgIpc) is 2.52. The molecule has 5 nitrogen and oxygen atoms in total. The number of benzene rings is 1. The molecule has 1 heterocycles. The van der Waals surface area contributed by atoms with Crippen molar-refractivity contribution in [2.45, 2.75) is 0 Å². The van der Waals surface area contributed by atoms with Crippen LogP contribution in [-0.4, -0.2) is 63.2 Å². The normalized spacial score (nSPS) is 16.1. The number of halogens is 1. The lowest BCUT2D eigenvalue weighted by atomic mass is 10.1. The Balaban J connectivity index is 2.09. The Bertz CT molecular complexity index is 567. The van der Waals surface area contributed by atoms with Crippen molar-refractivity contribution in [3.63, 3.8) is 0 Å². The minimum atomic E-state index is 0.0130. The fourth-order valence-electron chi connectivity index (χ4n) is 2.33. The van der Waals surface area contributed by atoms with Crippen molar-refractivity contribution in [2.75, 3.05) is 47.4 Å². The van der Waals surface area contributed by atoms with E-state index in [9.17, 15) is 4.79 Å². The smallest absolute Gasteiger partial charge is 0.246 e. The topological polar surface area (TPSA) is 42.0 Å². The largest absolute Gasteiger partial charge is 0.493 e. The summed E-state index contributed by atoms with van der Waals surface area (Å²) in [7, 11) is 5.15. The minimum Gasteiger partial charge on any atom is -0.493 e. The molecule has 0 radical (unpaired) electrons. The van der Waals surface area contributed by atoms with E-state index in [1.807, 2.05) is 4.90 Å². The van der Waals surface area contributed by atoms with Gasteiger partial charge in [0.2, 0.25) is 5.91 Å². The van der Waals surface area contributed by atoms with Crippen LogP contribution < -0.4 is 9.47 Å². The van der Waals surface area contributed by atoms with Crippen LogP contribution in [0.25, 0.3) is 6.08 Å². The molecule has 0 unspecified atom stereocenters. The average molecular weight is 325 g/mol. The Kier molecular flexibility index (Phi) is 5.69. The zero-order chi connectivity index (χ0) is 16.1. The van der Waals surface area contributed by atoms with Gasteiger partial charge in [0, 0.05) is 32.3 Å². The van der Waals surface area contributed by atoms with Gasteiger partial charge >= 0.3 is 0 Å². The van der Waals surface area contributed by atoms with E-state index in [1.54, 1.807) is 31.4 Å². The number of methoxy groups -OCH3 is 2. The third-order valence-corrected chi connectivity index (χ3v) is 3.97. The highest BCUT2D eigenvalue weighted by Crippen LogP contribution is 2.36. The molecule has 1 aliphatic heterocycles. The van der Waals surface area contributed by atoms with Gasteiger partial charge in [-0.25, -0.2) is 0 Å². The van der Waals surface area contributed by atoms with Crippen LogP contribution in [0, 0.1) is 0 Å². The number of rotatable bonds is 4. The van der Waals surface area contributed by atoms with Gasteiger partial charge in [0.1, 0.15) is 0 Å². The SMILES string of the molecule is COc1cc(C=CC(=O)N2CCN(C)CC2)cc(Cl)c1OC. The van der Waals surface area contributed by atoms with E-state index in [0.717, 1.165) is 31.7 Å². The van der Waals surface area contributed by atoms with Crippen LogP contribution in [0.1, 0.15) is 5.56 Å². The molecule has 120 valence electrons. The summed E-state index contributed by atoms with van der Waals surface area (Å²) in [6, 6.07) is 3.54. The Morgan fingerprint density at radius 3 is 2.45 bits per heavy atom. The highest BCUT2D eigenvalue weighted by atomic mass is 35.5. The van der Waals surface area contributed by atoms with Gasteiger partial charge in [0.25, 0.3) is 0 Å². The quantitative estimate of drug-likeness (QED) is 0.796. The molecule has 22 heavy (non-hydrogen) atoms. The van der Waals surface area contributed by atoms with E-state index in [4.69, 9.17) is 21.1 Å². The number of piperazine rings is 1. The summed E-state index contributed by atoms with van der Waals surface area (Å²) in [4.78, 5) is 16.2. The number of hydrogen-bond donors (Lipinski definition) is 0. The van der Waals surface area contributed by atoms with E-state index in [1.165, 1.54) is 7.11 Å². The molecule has 1 amide bonds. The molecule has 1 aromatic rings. The Morgan fingerprint density at radius 2 is 1.86 bits per heavy atom. The second kappa shape index (κ2) is 7.51. The predicted octanol–water partition coefficient (Wildman–Crippen LogP) is 2.14. The van der Waals surface area contributed by atoms with Crippen molar-refractivity contribution in [3.05, 3.63) is 28.8 Å². The first-order valence-corrected chi connectivity index (χ1v) is 7.50. The van der Waals surface area contributed by atoms with E-state index >= 15 is 0 Å². The first-order chi connectivity index (χ1) is 10.5. The van der Waals surface area contributed by atoms with E-state index in [0.29, 0.717) is 16.5 Å². The van der Waals surface area contributed by atoms with Crippen LogP contribution in [-0.2, 0) is 4.79 Å². The molecule has 2 rings (SSSR count). The van der Waals surface area contributed by atoms with Crippen LogP contribution in [0.4, 0.5) is 0 Å². The number of hydrogen-bond acceptors (Lipinski definition) is 4. The van der Waals surface area contributed by atoms with Gasteiger partial charge in [0.15, 0.2) is 11.5 Å². The van der Waals surface area contributed by atoms with Crippen molar-refractivity contribution in [1.82, 2.24) is 9.80 Å². The van der Waals surface area contributed by atoms with E-state index < -0.39 is 0 Å². The summed E-state index contributed by atoms with van der Waals surface area (Å²) in [6.45, 7) is 3.32. The fraction of sp³-hybridized carbons (Fsp3) is 0.438. The molecule has 0 aliphatic carbocycles. The predicted molar refractivity (Wildman–Crippen MR) is 87.7 cm³/mol. The molecule has 0 bridgehead atoms. The summed E-state index contributed by atoms with van der Waals surface area (Å²) >= 11 is 6.15. The number of ether oxygens (including phenoxy) is 2. The fourth-order valence-corrected chi connectivity index (χ4v) is 2.63. The van der Waals surface area contributed by atoms with Crippen molar-refractivity contribution < 1.29 is 14.3 Å². The highest BCUT2D eigenvalue weighted by molar-refractivity contribution is 6.32. The second-order valence-corrected chi connectivity index (χ2v) is 5.61. The lowest BCUT2D eigenvalue weighted by Crippen LogP contribution is -2.46. The minimum absolute atomic E-state index is 0.0130. The van der Waals surface area contributed by atoms with Crippen molar-refractivity contribution in [3.8, 4) is 11.5 Å². The van der Waals surface area contributed by atoms with Crippen LogP contribution in [0.5, 0.6) is 11.5 Å². The monoisotopic (exact) mass is 324 g/mol. The van der Waals surface area contributed by atoms with Gasteiger partial charge in [-0.3, -0.25) is 4.79 Å². The Hall–Kier alpha value is -1.72. The Morgan fingerprint density at radius 1 is 1.18 bits per heavy atom. The van der Waals surface area contributed by atoms with Gasteiger partial charge < -0.3 is 19.3 Å². The number of nitrogens with zero attached hydrogens (tertiary/aromatic N) is 2. The van der Waals surface area contributed by atoms with Gasteiger partial charge in [-0.2, -0.15) is 0 Å². The van der Waals surface area contributed by atoms with Gasteiger partial charge in [-0.05, 0) is 30.8 Å². The molecule has 1 aliphatic rings. The number of carbonyl (C=O) groups is 1. The molecule has 1 saturated heterocycles. The highest BCUT2D eigenvalue weighted by Gasteiger charge is 2.17. The van der Waals surface area contributed by atoms with Crippen LogP contribution in [0.15, 0.2) is 18.2 Å². The van der Waals surface area contributed by atoms with Crippen LogP contribution in [0.2, 0.25) is 5.02 Å². The van der Waals surface area contributed by atoms with Crippen LogP contribution >= 0.6 is 11.6 Å². The first-order valence-electron chi connectivity index (χ1n) is 7.12. The molecule has 0 saturated carbocycles. The van der Waals surface area contributed by atoms with E-state index in [-0.39, 0.29) is 5.91 Å². The molecular weight excluding hydrogens is 304 g/mol. The summed E-state index contributed by atoms with van der Waals surface area (Å²) in [5, 5.41) is 0.452. The number of likely N-dealkylation sites (N-methyl/N-ethyl adjacent to an activating group) is 1. The van der Waals surface area contributed by atoms with Gasteiger partial charge in [0.05, 0.1) is 19.2 Å². The van der Waals surface area contributed by atoms with Gasteiger partial charge in [-0.1, -0.05) is 11.6 Å². The maximum absolute atomic E-state index is 12.2. The van der Waals surface area contributed by atoms with Crippen molar-refractivity contribution in [1.29, 1.82) is 0 Å². The third-order valence-electron chi connectivity index (χ3n) is 3.69. The summed E-state index contributed by atoms with van der Waals surface area (Å²) in [6.07, 6.45) is 3.32. The number of amides is 1. The molecule has 1 aromatic carbocycles. The summed E-state index contributed by atoms with van der Waals surface area (Å²) < 4.78 is 10.4.